The SMILES string of the molecule is C=CCC[C@@H](N)c1cc(OC)c(OC)cc1OCc1ccccc1.Cl. The summed E-state index contributed by atoms with van der Waals surface area (Å²) in [5, 5.41) is 0. The van der Waals surface area contributed by atoms with Crippen molar-refractivity contribution in [2.45, 2.75) is 25.5 Å². The molecule has 1 atom stereocenters. The van der Waals surface area contributed by atoms with Crippen LogP contribution in [0.5, 0.6) is 17.2 Å². The van der Waals surface area contributed by atoms with Crippen molar-refractivity contribution in [1.82, 2.24) is 0 Å². The monoisotopic (exact) mass is 363 g/mol. The average molecular weight is 364 g/mol. The molecule has 0 heterocycles. The van der Waals surface area contributed by atoms with E-state index >= 15 is 0 Å². The Balaban J connectivity index is 0.00000312. The lowest BCUT2D eigenvalue weighted by molar-refractivity contribution is 0.294. The van der Waals surface area contributed by atoms with Crippen molar-refractivity contribution in [2.24, 2.45) is 5.73 Å². The summed E-state index contributed by atoms with van der Waals surface area (Å²) in [6.45, 7) is 4.22. The third kappa shape index (κ3) is 5.69. The molecular formula is C20H26ClNO3. The fourth-order valence-electron chi connectivity index (χ4n) is 2.48. The van der Waals surface area contributed by atoms with Crippen LogP contribution in [0.1, 0.15) is 30.0 Å². The topological polar surface area (TPSA) is 53.7 Å². The number of halogens is 1. The Kier molecular flexibility index (Phi) is 8.89. The Hall–Kier alpha value is -2.17. The van der Waals surface area contributed by atoms with Crippen LogP contribution in [-0.2, 0) is 6.61 Å². The Bertz CT molecular complexity index is 661. The van der Waals surface area contributed by atoms with E-state index in [4.69, 9.17) is 19.9 Å². The van der Waals surface area contributed by atoms with Crippen LogP contribution in [-0.4, -0.2) is 14.2 Å². The summed E-state index contributed by atoms with van der Waals surface area (Å²) in [6, 6.07) is 13.6. The van der Waals surface area contributed by atoms with Gasteiger partial charge in [-0.2, -0.15) is 0 Å². The maximum absolute atomic E-state index is 6.34. The second kappa shape index (κ2) is 10.6. The molecule has 0 saturated carbocycles. The molecule has 2 aromatic carbocycles. The van der Waals surface area contributed by atoms with Gasteiger partial charge in [0.2, 0.25) is 0 Å². The molecule has 25 heavy (non-hydrogen) atoms. The van der Waals surface area contributed by atoms with Crippen LogP contribution in [0.25, 0.3) is 0 Å². The molecule has 0 aromatic heterocycles. The molecular weight excluding hydrogens is 338 g/mol. The number of nitrogens with two attached hydrogens (primary N) is 1. The van der Waals surface area contributed by atoms with Crippen molar-refractivity contribution in [1.29, 1.82) is 0 Å². The van der Waals surface area contributed by atoms with Gasteiger partial charge in [0.25, 0.3) is 0 Å². The lowest BCUT2D eigenvalue weighted by atomic mass is 10.0. The first kappa shape index (κ1) is 20.9. The molecule has 4 nitrogen and oxygen atoms in total. The number of benzene rings is 2. The van der Waals surface area contributed by atoms with E-state index in [9.17, 15) is 0 Å². The Morgan fingerprint density at radius 3 is 2.28 bits per heavy atom. The average Bonchev–Trinajstić information content (AvgIpc) is 2.64. The molecule has 0 aliphatic heterocycles. The molecule has 2 rings (SSSR count). The van der Waals surface area contributed by atoms with Crippen LogP contribution in [0, 0.1) is 0 Å². The number of hydrogen-bond acceptors (Lipinski definition) is 4. The zero-order chi connectivity index (χ0) is 17.4. The highest BCUT2D eigenvalue weighted by atomic mass is 35.5. The fourth-order valence-corrected chi connectivity index (χ4v) is 2.48. The van der Waals surface area contributed by atoms with Gasteiger partial charge in [-0.25, -0.2) is 0 Å². The summed E-state index contributed by atoms with van der Waals surface area (Å²) in [7, 11) is 3.22. The van der Waals surface area contributed by atoms with Gasteiger partial charge < -0.3 is 19.9 Å². The van der Waals surface area contributed by atoms with Crippen LogP contribution < -0.4 is 19.9 Å². The van der Waals surface area contributed by atoms with Gasteiger partial charge in [0.1, 0.15) is 12.4 Å². The molecule has 0 spiro atoms. The lowest BCUT2D eigenvalue weighted by Gasteiger charge is -2.19. The quantitative estimate of drug-likeness (QED) is 0.658. The second-order valence-electron chi connectivity index (χ2n) is 5.49. The first-order chi connectivity index (χ1) is 11.7. The molecule has 0 aliphatic carbocycles. The van der Waals surface area contributed by atoms with E-state index in [0.717, 1.165) is 24.0 Å². The highest BCUT2D eigenvalue weighted by Crippen LogP contribution is 2.38. The Morgan fingerprint density at radius 1 is 1.04 bits per heavy atom. The zero-order valence-electron chi connectivity index (χ0n) is 14.7. The molecule has 0 fully saturated rings. The van der Waals surface area contributed by atoms with Crippen molar-refractivity contribution in [3.05, 3.63) is 66.2 Å². The van der Waals surface area contributed by atoms with Gasteiger partial charge in [0.15, 0.2) is 11.5 Å². The van der Waals surface area contributed by atoms with E-state index in [-0.39, 0.29) is 18.4 Å². The van der Waals surface area contributed by atoms with Gasteiger partial charge in [-0.1, -0.05) is 36.4 Å². The molecule has 2 N–H and O–H groups in total. The van der Waals surface area contributed by atoms with Gasteiger partial charge in [0, 0.05) is 17.7 Å². The van der Waals surface area contributed by atoms with Crippen LogP contribution in [0.4, 0.5) is 0 Å². The summed E-state index contributed by atoms with van der Waals surface area (Å²) in [5.41, 5.74) is 8.34. The van der Waals surface area contributed by atoms with E-state index in [0.29, 0.717) is 23.9 Å². The number of hydrogen-bond donors (Lipinski definition) is 1. The van der Waals surface area contributed by atoms with Crippen molar-refractivity contribution in [3.63, 3.8) is 0 Å². The summed E-state index contributed by atoms with van der Waals surface area (Å²) in [6.07, 6.45) is 3.50. The highest BCUT2D eigenvalue weighted by Gasteiger charge is 2.17. The summed E-state index contributed by atoms with van der Waals surface area (Å²) in [5.74, 6) is 1.99. The van der Waals surface area contributed by atoms with Crippen LogP contribution in [0.2, 0.25) is 0 Å². The lowest BCUT2D eigenvalue weighted by Crippen LogP contribution is -2.12. The Labute approximate surface area is 156 Å². The molecule has 0 bridgehead atoms. The van der Waals surface area contributed by atoms with Gasteiger partial charge in [-0.05, 0) is 24.5 Å². The predicted molar refractivity (Wildman–Crippen MR) is 104 cm³/mol. The Morgan fingerprint density at radius 2 is 1.68 bits per heavy atom. The van der Waals surface area contributed by atoms with Crippen LogP contribution in [0.3, 0.4) is 0 Å². The van der Waals surface area contributed by atoms with Crippen LogP contribution >= 0.6 is 12.4 Å². The van der Waals surface area contributed by atoms with Gasteiger partial charge in [-0.3, -0.25) is 0 Å². The van der Waals surface area contributed by atoms with E-state index in [1.165, 1.54) is 0 Å². The van der Waals surface area contributed by atoms with E-state index in [1.807, 2.05) is 48.5 Å². The maximum atomic E-state index is 6.34. The van der Waals surface area contributed by atoms with Crippen molar-refractivity contribution in [2.75, 3.05) is 14.2 Å². The molecule has 0 saturated heterocycles. The predicted octanol–water partition coefficient (Wildman–Crippen LogP) is 4.67. The summed E-state index contributed by atoms with van der Waals surface area (Å²) < 4.78 is 16.8. The first-order valence-electron chi connectivity index (χ1n) is 7.98. The third-order valence-electron chi connectivity index (χ3n) is 3.83. The minimum Gasteiger partial charge on any atom is -0.493 e. The smallest absolute Gasteiger partial charge is 0.164 e. The van der Waals surface area contributed by atoms with E-state index < -0.39 is 0 Å². The zero-order valence-corrected chi connectivity index (χ0v) is 15.6. The van der Waals surface area contributed by atoms with Crippen molar-refractivity contribution >= 4 is 12.4 Å². The van der Waals surface area contributed by atoms with Gasteiger partial charge >= 0.3 is 0 Å². The van der Waals surface area contributed by atoms with E-state index in [1.54, 1.807) is 14.2 Å². The van der Waals surface area contributed by atoms with Gasteiger partial charge in [0.05, 0.1) is 14.2 Å². The largest absolute Gasteiger partial charge is 0.493 e. The molecule has 0 radical (unpaired) electrons. The number of allylic oxidation sites excluding steroid dienone is 1. The number of methoxy groups -OCH3 is 2. The molecule has 2 aromatic rings. The minimum atomic E-state index is -0.159. The molecule has 5 heteroatoms. The number of ether oxygens (including phenoxy) is 3. The highest BCUT2D eigenvalue weighted by molar-refractivity contribution is 5.85. The standard InChI is InChI=1S/C20H25NO3.ClH/c1-4-5-11-17(21)16-12-19(22-2)20(23-3)13-18(16)24-14-15-9-7-6-8-10-15;/h4,6-10,12-13,17H,1,5,11,14,21H2,2-3H3;1H/t17-;/m1./s1. The second-order valence-corrected chi connectivity index (χ2v) is 5.49. The maximum Gasteiger partial charge on any atom is 0.164 e. The van der Waals surface area contributed by atoms with Crippen LogP contribution in [0.15, 0.2) is 55.1 Å². The molecule has 0 unspecified atom stereocenters. The minimum absolute atomic E-state index is 0. The number of rotatable bonds is 9. The summed E-state index contributed by atoms with van der Waals surface area (Å²) >= 11 is 0. The van der Waals surface area contributed by atoms with Gasteiger partial charge in [-0.15, -0.1) is 19.0 Å². The molecule has 0 amide bonds. The van der Waals surface area contributed by atoms with E-state index in [2.05, 4.69) is 6.58 Å². The normalized spacial score (nSPS) is 11.2. The van der Waals surface area contributed by atoms with Crippen molar-refractivity contribution < 1.29 is 14.2 Å². The molecule has 0 aliphatic rings. The fraction of sp³-hybridized carbons (Fsp3) is 0.300. The third-order valence-corrected chi connectivity index (χ3v) is 3.83. The molecule has 136 valence electrons. The summed E-state index contributed by atoms with van der Waals surface area (Å²) in [4.78, 5) is 0. The van der Waals surface area contributed by atoms with Crippen molar-refractivity contribution in [3.8, 4) is 17.2 Å². The first-order valence-corrected chi connectivity index (χ1v) is 7.98.